The minimum Gasteiger partial charge on any atom is -0.478 e. The molecule has 0 spiro atoms. The van der Waals surface area contributed by atoms with Crippen molar-refractivity contribution in [3.05, 3.63) is 137 Å². The number of hydrogen-bond acceptors (Lipinski definition) is 5. The van der Waals surface area contributed by atoms with Gasteiger partial charge in [0, 0.05) is 12.1 Å². The van der Waals surface area contributed by atoms with Gasteiger partial charge in [0.1, 0.15) is 5.69 Å². The van der Waals surface area contributed by atoms with E-state index < -0.39 is 11.9 Å². The van der Waals surface area contributed by atoms with Crippen LogP contribution in [-0.2, 0) is 6.54 Å². The molecule has 2 aromatic heterocycles. The quantitative estimate of drug-likeness (QED) is 0.269. The Morgan fingerprint density at radius 1 is 0.700 bits per heavy atom. The smallest absolute Gasteiger partial charge is 0.335 e. The van der Waals surface area contributed by atoms with Crippen molar-refractivity contribution >= 4 is 34.1 Å². The third-order valence-electron chi connectivity index (χ3n) is 6.71. The lowest BCUT2D eigenvalue weighted by atomic mass is 10.0. The number of nitrogens with one attached hydrogen (secondary N) is 1. The fraction of sp³-hybridized carbons (Fsp3) is 0.0312. The number of carbonyl (C=O) groups is 3. The molecule has 0 saturated heterocycles. The summed E-state index contributed by atoms with van der Waals surface area (Å²) in [5, 5.41) is 22.4. The zero-order valence-corrected chi connectivity index (χ0v) is 21.1. The van der Waals surface area contributed by atoms with Crippen molar-refractivity contribution in [3.8, 4) is 11.1 Å². The van der Waals surface area contributed by atoms with Crippen molar-refractivity contribution in [3.63, 3.8) is 0 Å². The van der Waals surface area contributed by atoms with E-state index in [1.54, 1.807) is 36.4 Å². The molecule has 2 N–H and O–H groups in total. The van der Waals surface area contributed by atoms with Crippen LogP contribution in [0.3, 0.4) is 0 Å². The van der Waals surface area contributed by atoms with Gasteiger partial charge in [-0.15, -0.1) is 10.2 Å². The number of fused-ring (bicyclic) bond motifs is 2. The summed E-state index contributed by atoms with van der Waals surface area (Å²) in [5.74, 6) is -1.78. The first kappa shape index (κ1) is 24.7. The molecular formula is C32H22N4O4. The minimum atomic E-state index is -1.02. The number of carbonyl (C=O) groups excluding carboxylic acids is 2. The van der Waals surface area contributed by atoms with E-state index in [1.807, 2.05) is 60.7 Å². The maximum Gasteiger partial charge on any atom is 0.335 e. The first-order valence-electron chi connectivity index (χ1n) is 12.6. The molecule has 2 heterocycles. The maximum absolute atomic E-state index is 13.7. The fourth-order valence-electron chi connectivity index (χ4n) is 4.63. The minimum absolute atomic E-state index is 0.0286. The molecule has 0 aliphatic carbocycles. The van der Waals surface area contributed by atoms with Gasteiger partial charge in [0.15, 0.2) is 5.65 Å². The van der Waals surface area contributed by atoms with E-state index >= 15 is 0 Å². The number of hydrogen-bond donors (Lipinski definition) is 2. The van der Waals surface area contributed by atoms with Gasteiger partial charge in [-0.1, -0.05) is 78.9 Å². The lowest BCUT2D eigenvalue weighted by molar-refractivity contribution is 0.0696. The summed E-state index contributed by atoms with van der Waals surface area (Å²) in [4.78, 5) is 38.4. The molecule has 8 heteroatoms. The van der Waals surface area contributed by atoms with Gasteiger partial charge < -0.3 is 10.4 Å². The molecule has 6 aromatic rings. The van der Waals surface area contributed by atoms with Gasteiger partial charge in [0.05, 0.1) is 5.56 Å². The summed E-state index contributed by atoms with van der Waals surface area (Å²) in [5.41, 5.74) is 3.52. The first-order chi connectivity index (χ1) is 19.5. The van der Waals surface area contributed by atoms with E-state index in [2.05, 4.69) is 15.5 Å². The molecule has 4 aromatic carbocycles. The molecule has 194 valence electrons. The predicted octanol–water partition coefficient (Wildman–Crippen LogP) is 5.41. The number of pyridine rings is 1. The van der Waals surface area contributed by atoms with E-state index in [1.165, 1.54) is 16.5 Å². The highest BCUT2D eigenvalue weighted by atomic mass is 16.4. The zero-order valence-electron chi connectivity index (χ0n) is 21.1. The van der Waals surface area contributed by atoms with Crippen LogP contribution in [0.4, 0.5) is 0 Å². The molecule has 0 unspecified atom stereocenters. The molecule has 0 aliphatic heterocycles. The predicted molar refractivity (Wildman–Crippen MR) is 150 cm³/mol. The average molecular weight is 527 g/mol. The van der Waals surface area contributed by atoms with Gasteiger partial charge in [-0.25, -0.2) is 4.79 Å². The molecule has 0 fully saturated rings. The van der Waals surface area contributed by atoms with Crippen molar-refractivity contribution < 1.29 is 19.5 Å². The summed E-state index contributed by atoms with van der Waals surface area (Å²) < 4.78 is 1.48. The van der Waals surface area contributed by atoms with Crippen LogP contribution in [0.25, 0.3) is 27.5 Å². The van der Waals surface area contributed by atoms with Crippen molar-refractivity contribution in [2.45, 2.75) is 6.54 Å². The Balaban J connectivity index is 1.40. The zero-order chi connectivity index (χ0) is 27.6. The Bertz CT molecular complexity index is 1910. The third-order valence-corrected chi connectivity index (χ3v) is 6.71. The molecule has 0 atom stereocenters. The Morgan fingerprint density at radius 3 is 2.15 bits per heavy atom. The molecule has 40 heavy (non-hydrogen) atoms. The normalized spacial score (nSPS) is 11.0. The lowest BCUT2D eigenvalue weighted by Gasteiger charge is -2.12. The van der Waals surface area contributed by atoms with Crippen LogP contribution < -0.4 is 5.32 Å². The summed E-state index contributed by atoms with van der Waals surface area (Å²) >= 11 is 0. The van der Waals surface area contributed by atoms with E-state index in [-0.39, 0.29) is 29.4 Å². The largest absolute Gasteiger partial charge is 0.478 e. The number of amides is 1. The number of carboxylic acids is 1. The van der Waals surface area contributed by atoms with Crippen molar-refractivity contribution in [1.82, 2.24) is 19.9 Å². The Labute approximate surface area is 228 Å². The Hall–Kier alpha value is -5.63. The van der Waals surface area contributed by atoms with Crippen molar-refractivity contribution in [1.29, 1.82) is 0 Å². The third kappa shape index (κ3) is 4.69. The van der Waals surface area contributed by atoms with Crippen LogP contribution in [0.5, 0.6) is 0 Å². The van der Waals surface area contributed by atoms with Crippen molar-refractivity contribution in [2.24, 2.45) is 0 Å². The standard InChI is InChI=1S/C32H22N4O4/c37-29(25-15-14-22-8-4-5-9-24(22)16-25)30-35-34-28-18-26(21-6-2-1-3-7-21)17-27(36(28)30)31(38)33-19-20-10-12-23(13-11-20)32(39)40/h1-18H,19H2,(H,33,38)(H,39,40). The SMILES string of the molecule is O=C(O)c1ccc(CNC(=O)c2cc(-c3ccccc3)cc3nnc(C(=O)c4ccc5ccccc5c4)n23)cc1. The van der Waals surface area contributed by atoms with E-state index in [4.69, 9.17) is 5.11 Å². The second kappa shape index (κ2) is 10.3. The second-order valence-electron chi connectivity index (χ2n) is 9.29. The summed E-state index contributed by atoms with van der Waals surface area (Å²) in [6.45, 7) is 0.159. The maximum atomic E-state index is 13.7. The second-order valence-corrected chi connectivity index (χ2v) is 9.29. The first-order valence-corrected chi connectivity index (χ1v) is 12.6. The van der Waals surface area contributed by atoms with E-state index in [9.17, 15) is 14.4 Å². The molecule has 0 radical (unpaired) electrons. The van der Waals surface area contributed by atoms with Gasteiger partial charge in [0.25, 0.3) is 5.91 Å². The number of rotatable bonds is 7. The number of nitrogens with zero attached hydrogens (tertiary/aromatic N) is 3. The molecule has 6 rings (SSSR count). The summed E-state index contributed by atoms with van der Waals surface area (Å²) in [6.07, 6.45) is 0. The highest BCUT2D eigenvalue weighted by Gasteiger charge is 2.23. The molecule has 1 amide bonds. The number of carboxylic acid groups (broad SMARTS) is 1. The lowest BCUT2D eigenvalue weighted by Crippen LogP contribution is -2.26. The molecular weight excluding hydrogens is 504 g/mol. The highest BCUT2D eigenvalue weighted by Crippen LogP contribution is 2.25. The van der Waals surface area contributed by atoms with Crippen LogP contribution in [-0.4, -0.2) is 37.4 Å². The number of benzene rings is 4. The van der Waals surface area contributed by atoms with Crippen LogP contribution in [0.2, 0.25) is 0 Å². The van der Waals surface area contributed by atoms with Gasteiger partial charge >= 0.3 is 5.97 Å². The van der Waals surface area contributed by atoms with Crippen LogP contribution in [0, 0.1) is 0 Å². The number of ketones is 1. The van der Waals surface area contributed by atoms with Gasteiger partial charge in [-0.2, -0.15) is 0 Å². The number of aromatic nitrogens is 3. The fourth-order valence-corrected chi connectivity index (χ4v) is 4.63. The van der Waals surface area contributed by atoms with Gasteiger partial charge in [0.2, 0.25) is 11.6 Å². The topological polar surface area (TPSA) is 114 Å². The Kier molecular flexibility index (Phi) is 6.34. The Morgan fingerprint density at radius 2 is 1.40 bits per heavy atom. The summed E-state index contributed by atoms with van der Waals surface area (Å²) in [6, 6.07) is 32.5. The van der Waals surface area contributed by atoms with E-state index in [0.29, 0.717) is 11.2 Å². The average Bonchev–Trinajstić information content (AvgIpc) is 3.43. The van der Waals surface area contributed by atoms with Gasteiger partial charge in [-0.05, 0) is 57.8 Å². The van der Waals surface area contributed by atoms with Crippen LogP contribution in [0.1, 0.15) is 42.6 Å². The number of aromatic carboxylic acids is 1. The van der Waals surface area contributed by atoms with Gasteiger partial charge in [-0.3, -0.25) is 14.0 Å². The molecule has 0 aliphatic rings. The molecule has 0 saturated carbocycles. The highest BCUT2D eigenvalue weighted by molar-refractivity contribution is 6.09. The molecule has 8 nitrogen and oxygen atoms in total. The van der Waals surface area contributed by atoms with E-state index in [0.717, 1.165) is 27.5 Å². The summed E-state index contributed by atoms with van der Waals surface area (Å²) in [7, 11) is 0. The van der Waals surface area contributed by atoms with Crippen molar-refractivity contribution in [2.75, 3.05) is 0 Å². The monoisotopic (exact) mass is 526 g/mol. The molecule has 0 bridgehead atoms. The van der Waals surface area contributed by atoms with Crippen LogP contribution >= 0.6 is 0 Å². The van der Waals surface area contributed by atoms with Crippen LogP contribution in [0.15, 0.2) is 109 Å².